The quantitative estimate of drug-likeness (QED) is 0.732. The lowest BCUT2D eigenvalue weighted by molar-refractivity contribution is 0.538. The van der Waals surface area contributed by atoms with Crippen LogP contribution in [0.3, 0.4) is 0 Å². The van der Waals surface area contributed by atoms with Crippen LogP contribution in [0.5, 0.6) is 0 Å². The zero-order valence-electron chi connectivity index (χ0n) is 10.7. The molecule has 0 spiro atoms. The average Bonchev–Trinajstić information content (AvgIpc) is 2.73. The van der Waals surface area contributed by atoms with Gasteiger partial charge < -0.3 is 4.98 Å². The van der Waals surface area contributed by atoms with E-state index in [0.29, 0.717) is 24.7 Å². The minimum atomic E-state index is -3.42. The lowest BCUT2D eigenvalue weighted by Crippen LogP contribution is -2.25. The second-order valence-electron chi connectivity index (χ2n) is 4.48. The largest absolute Gasteiger partial charge is 0.332 e. The van der Waals surface area contributed by atoms with Crippen LogP contribution in [0, 0.1) is 5.92 Å². The number of sulfonamides is 1. The molecule has 0 unspecified atom stereocenters. The molecule has 6 heteroatoms. The molecule has 1 aromatic rings. The molecule has 0 aromatic carbocycles. The molecule has 5 nitrogen and oxygen atoms in total. The predicted octanol–water partition coefficient (Wildman–Crippen LogP) is 1.69. The molecule has 0 fully saturated rings. The Morgan fingerprint density at radius 3 is 2.71 bits per heavy atom. The molecule has 2 N–H and O–H groups in total. The Kier molecular flexibility index (Phi) is 5.14. The smallest absolute Gasteiger partial charge is 0.257 e. The summed E-state index contributed by atoms with van der Waals surface area (Å²) in [4.78, 5) is 6.77. The van der Waals surface area contributed by atoms with E-state index in [1.807, 2.05) is 6.92 Å². The van der Waals surface area contributed by atoms with Gasteiger partial charge in [-0.25, -0.2) is 18.1 Å². The molecule has 0 saturated heterocycles. The molecule has 0 saturated carbocycles. The van der Waals surface area contributed by atoms with Crippen LogP contribution in [0.25, 0.3) is 0 Å². The number of nitrogens with zero attached hydrogens (tertiary/aromatic N) is 1. The van der Waals surface area contributed by atoms with E-state index in [9.17, 15) is 8.42 Å². The van der Waals surface area contributed by atoms with Crippen LogP contribution in [0.15, 0.2) is 11.2 Å². The zero-order chi connectivity index (χ0) is 12.9. The standard InChI is InChI=1S/C11H21N3O2S/c1-4-10-12-8-11(14-10)17(15,16)13-7-5-6-9(2)3/h8-9,13H,4-7H2,1-3H3,(H,12,14). The van der Waals surface area contributed by atoms with Crippen molar-refractivity contribution in [2.45, 2.75) is 45.1 Å². The van der Waals surface area contributed by atoms with Crippen molar-refractivity contribution in [3.05, 3.63) is 12.0 Å². The minimum Gasteiger partial charge on any atom is -0.332 e. The molecule has 1 heterocycles. The van der Waals surface area contributed by atoms with Gasteiger partial charge >= 0.3 is 0 Å². The number of hydrogen-bond acceptors (Lipinski definition) is 3. The highest BCUT2D eigenvalue weighted by Crippen LogP contribution is 2.07. The summed E-state index contributed by atoms with van der Waals surface area (Å²) in [6.45, 7) is 6.64. The summed E-state index contributed by atoms with van der Waals surface area (Å²) in [5.74, 6) is 1.28. The van der Waals surface area contributed by atoms with Gasteiger partial charge in [0.05, 0.1) is 6.20 Å². The molecule has 0 amide bonds. The normalized spacial score (nSPS) is 12.2. The second kappa shape index (κ2) is 6.16. The Morgan fingerprint density at radius 1 is 1.47 bits per heavy atom. The van der Waals surface area contributed by atoms with Crippen molar-refractivity contribution in [3.63, 3.8) is 0 Å². The summed E-state index contributed by atoms with van der Waals surface area (Å²) < 4.78 is 26.2. The van der Waals surface area contributed by atoms with Gasteiger partial charge in [0.2, 0.25) is 0 Å². The highest BCUT2D eigenvalue weighted by Gasteiger charge is 2.15. The zero-order valence-corrected chi connectivity index (χ0v) is 11.5. The number of H-pyrrole nitrogens is 1. The van der Waals surface area contributed by atoms with Gasteiger partial charge in [0, 0.05) is 13.0 Å². The van der Waals surface area contributed by atoms with Crippen LogP contribution < -0.4 is 4.72 Å². The van der Waals surface area contributed by atoms with Gasteiger partial charge in [0.25, 0.3) is 10.0 Å². The van der Waals surface area contributed by atoms with Crippen molar-refractivity contribution < 1.29 is 8.42 Å². The first-order valence-corrected chi connectivity index (χ1v) is 7.47. The third-order valence-corrected chi connectivity index (χ3v) is 3.85. The Morgan fingerprint density at radius 2 is 2.18 bits per heavy atom. The number of aromatic amines is 1. The van der Waals surface area contributed by atoms with E-state index < -0.39 is 10.0 Å². The van der Waals surface area contributed by atoms with E-state index in [1.54, 1.807) is 0 Å². The van der Waals surface area contributed by atoms with E-state index in [2.05, 4.69) is 28.5 Å². The maximum absolute atomic E-state index is 11.8. The van der Waals surface area contributed by atoms with Crippen LogP contribution in [0.2, 0.25) is 0 Å². The molecule has 1 aromatic heterocycles. The van der Waals surface area contributed by atoms with Crippen LogP contribution >= 0.6 is 0 Å². The van der Waals surface area contributed by atoms with Crippen LogP contribution in [0.1, 0.15) is 39.4 Å². The highest BCUT2D eigenvalue weighted by molar-refractivity contribution is 7.89. The number of rotatable bonds is 7. The Hall–Kier alpha value is -0.880. The number of aryl methyl sites for hydroxylation is 1. The third kappa shape index (κ3) is 4.47. The van der Waals surface area contributed by atoms with E-state index in [1.165, 1.54) is 6.20 Å². The summed E-state index contributed by atoms with van der Waals surface area (Å²) in [6, 6.07) is 0. The Labute approximate surface area is 103 Å². The molecule has 0 atom stereocenters. The van der Waals surface area contributed by atoms with Crippen molar-refractivity contribution in [1.29, 1.82) is 0 Å². The van der Waals surface area contributed by atoms with Gasteiger partial charge in [-0.3, -0.25) is 0 Å². The molecule has 0 aliphatic heterocycles. The molecule has 17 heavy (non-hydrogen) atoms. The molecule has 0 bridgehead atoms. The minimum absolute atomic E-state index is 0.152. The molecule has 0 aliphatic carbocycles. The predicted molar refractivity (Wildman–Crippen MR) is 67.2 cm³/mol. The van der Waals surface area contributed by atoms with Crippen molar-refractivity contribution in [2.75, 3.05) is 6.54 Å². The fourth-order valence-corrected chi connectivity index (χ4v) is 2.47. The van der Waals surface area contributed by atoms with Crippen molar-refractivity contribution in [1.82, 2.24) is 14.7 Å². The fraction of sp³-hybridized carbons (Fsp3) is 0.727. The number of nitrogens with one attached hydrogen (secondary N) is 2. The van der Waals surface area contributed by atoms with E-state index >= 15 is 0 Å². The van der Waals surface area contributed by atoms with Gasteiger partial charge in [-0.2, -0.15) is 0 Å². The average molecular weight is 259 g/mol. The lowest BCUT2D eigenvalue weighted by atomic mass is 10.1. The Balaban J connectivity index is 2.51. The molecular weight excluding hydrogens is 238 g/mol. The number of aromatic nitrogens is 2. The van der Waals surface area contributed by atoms with Crippen LogP contribution in [0.4, 0.5) is 0 Å². The summed E-state index contributed by atoms with van der Waals surface area (Å²) in [7, 11) is -3.42. The van der Waals surface area contributed by atoms with Gasteiger partial charge in [-0.1, -0.05) is 20.8 Å². The second-order valence-corrected chi connectivity index (χ2v) is 6.22. The third-order valence-electron chi connectivity index (χ3n) is 2.48. The first-order chi connectivity index (χ1) is 7.95. The fourth-order valence-electron chi connectivity index (χ4n) is 1.45. The van der Waals surface area contributed by atoms with E-state index in [-0.39, 0.29) is 5.03 Å². The van der Waals surface area contributed by atoms with Crippen molar-refractivity contribution in [3.8, 4) is 0 Å². The van der Waals surface area contributed by atoms with Crippen molar-refractivity contribution in [2.24, 2.45) is 5.92 Å². The molecule has 0 aliphatic rings. The van der Waals surface area contributed by atoms with Crippen LogP contribution in [-0.2, 0) is 16.4 Å². The van der Waals surface area contributed by atoms with E-state index in [0.717, 1.165) is 12.8 Å². The molecule has 98 valence electrons. The van der Waals surface area contributed by atoms with Gasteiger partial charge in [-0.05, 0) is 18.8 Å². The summed E-state index contributed by atoms with van der Waals surface area (Å²) >= 11 is 0. The first kappa shape index (κ1) is 14.2. The van der Waals surface area contributed by atoms with Gasteiger partial charge in [-0.15, -0.1) is 0 Å². The summed E-state index contributed by atoms with van der Waals surface area (Å²) in [6.07, 6.45) is 3.93. The Bertz CT molecular complexity index is 437. The highest BCUT2D eigenvalue weighted by atomic mass is 32.2. The summed E-state index contributed by atoms with van der Waals surface area (Å²) in [5, 5.41) is 0.152. The molecule has 1 rings (SSSR count). The van der Waals surface area contributed by atoms with Crippen LogP contribution in [-0.4, -0.2) is 24.9 Å². The number of imidazole rings is 1. The topological polar surface area (TPSA) is 74.8 Å². The monoisotopic (exact) mass is 259 g/mol. The lowest BCUT2D eigenvalue weighted by Gasteiger charge is -2.06. The van der Waals surface area contributed by atoms with E-state index in [4.69, 9.17) is 0 Å². The molecular formula is C11H21N3O2S. The van der Waals surface area contributed by atoms with Crippen molar-refractivity contribution >= 4 is 10.0 Å². The maximum Gasteiger partial charge on any atom is 0.257 e. The SMILES string of the molecule is CCc1ncc(S(=O)(=O)NCCCC(C)C)[nH]1. The van der Waals surface area contributed by atoms with Gasteiger partial charge in [0.1, 0.15) is 5.82 Å². The summed E-state index contributed by atoms with van der Waals surface area (Å²) in [5.41, 5.74) is 0. The first-order valence-electron chi connectivity index (χ1n) is 5.99. The molecule has 0 radical (unpaired) electrons. The van der Waals surface area contributed by atoms with Gasteiger partial charge in [0.15, 0.2) is 5.03 Å². The number of hydrogen-bond donors (Lipinski definition) is 2. The maximum atomic E-state index is 11.8.